The Balaban J connectivity index is 2.05. The van der Waals surface area contributed by atoms with Crippen molar-refractivity contribution in [1.82, 2.24) is 0 Å². The van der Waals surface area contributed by atoms with Gasteiger partial charge in [0.05, 0.1) is 6.10 Å². The van der Waals surface area contributed by atoms with Crippen molar-refractivity contribution in [3.05, 3.63) is 34.9 Å². The molecule has 2 heteroatoms. The summed E-state index contributed by atoms with van der Waals surface area (Å²) in [6.07, 6.45) is 4.46. The van der Waals surface area contributed by atoms with Crippen molar-refractivity contribution >= 4 is 11.6 Å². The molecule has 2 rings (SSSR count). The first-order valence-corrected chi connectivity index (χ1v) is 6.52. The molecule has 0 bridgehead atoms. The van der Waals surface area contributed by atoms with Crippen LogP contribution in [0, 0.1) is 11.8 Å². The molecule has 1 N–H and O–H groups in total. The van der Waals surface area contributed by atoms with E-state index in [1.165, 1.54) is 12.8 Å². The number of benzene rings is 1. The second-order valence-electron chi connectivity index (χ2n) is 4.85. The lowest BCUT2D eigenvalue weighted by Crippen LogP contribution is -2.09. The van der Waals surface area contributed by atoms with Crippen LogP contribution in [0.25, 0.3) is 0 Å². The molecule has 0 spiro atoms. The molecule has 0 aliphatic heterocycles. The Kier molecular flexibility index (Phi) is 3.88. The van der Waals surface area contributed by atoms with E-state index in [9.17, 15) is 5.11 Å². The highest BCUT2D eigenvalue weighted by Gasteiger charge is 2.29. The van der Waals surface area contributed by atoms with Crippen LogP contribution < -0.4 is 0 Å². The third kappa shape index (κ3) is 2.58. The molecule has 1 aromatic carbocycles. The van der Waals surface area contributed by atoms with Crippen LogP contribution in [0.2, 0.25) is 5.02 Å². The van der Waals surface area contributed by atoms with Crippen LogP contribution in [0.3, 0.4) is 0 Å². The molecule has 88 valence electrons. The monoisotopic (exact) mass is 238 g/mol. The summed E-state index contributed by atoms with van der Waals surface area (Å²) >= 11 is 5.94. The maximum absolute atomic E-state index is 10.3. The smallest absolute Gasteiger partial charge is 0.0818 e. The van der Waals surface area contributed by atoms with Gasteiger partial charge in [0.25, 0.3) is 0 Å². The molecule has 16 heavy (non-hydrogen) atoms. The summed E-state index contributed by atoms with van der Waals surface area (Å²) in [6, 6.07) is 7.61. The van der Waals surface area contributed by atoms with E-state index in [1.54, 1.807) is 0 Å². The van der Waals surface area contributed by atoms with Gasteiger partial charge in [0.1, 0.15) is 0 Å². The Hall–Kier alpha value is -0.530. The summed E-state index contributed by atoms with van der Waals surface area (Å²) in [5.41, 5.74) is 0.967. The van der Waals surface area contributed by atoms with E-state index in [0.29, 0.717) is 10.9 Å². The molecule has 0 aromatic heterocycles. The van der Waals surface area contributed by atoms with E-state index >= 15 is 0 Å². The standard InChI is InChI=1S/C14H19ClO/c1-2-10-6-7-12(8-10)14(16)11-4-3-5-13(15)9-11/h3-5,9-10,12,14,16H,2,6-8H2,1H3. The first-order valence-electron chi connectivity index (χ1n) is 6.14. The third-order valence-electron chi connectivity index (χ3n) is 3.80. The van der Waals surface area contributed by atoms with Crippen molar-refractivity contribution < 1.29 is 5.11 Å². The summed E-state index contributed by atoms with van der Waals surface area (Å²) in [4.78, 5) is 0. The van der Waals surface area contributed by atoms with Crippen molar-refractivity contribution in [3.8, 4) is 0 Å². The summed E-state index contributed by atoms with van der Waals surface area (Å²) in [7, 11) is 0. The molecule has 0 radical (unpaired) electrons. The van der Waals surface area contributed by atoms with Gasteiger partial charge in [0, 0.05) is 5.02 Å². The number of hydrogen-bond acceptors (Lipinski definition) is 1. The van der Waals surface area contributed by atoms with Gasteiger partial charge in [-0.05, 0) is 42.4 Å². The Morgan fingerprint density at radius 2 is 2.25 bits per heavy atom. The van der Waals surface area contributed by atoms with Gasteiger partial charge < -0.3 is 5.11 Å². The highest BCUT2D eigenvalue weighted by molar-refractivity contribution is 6.30. The van der Waals surface area contributed by atoms with Crippen LogP contribution in [0.1, 0.15) is 44.3 Å². The van der Waals surface area contributed by atoms with Gasteiger partial charge in [-0.2, -0.15) is 0 Å². The fraction of sp³-hybridized carbons (Fsp3) is 0.571. The maximum atomic E-state index is 10.3. The fourth-order valence-electron chi connectivity index (χ4n) is 2.73. The van der Waals surface area contributed by atoms with Gasteiger partial charge in [0.2, 0.25) is 0 Å². The van der Waals surface area contributed by atoms with E-state index in [2.05, 4.69) is 6.92 Å². The largest absolute Gasteiger partial charge is 0.388 e. The molecule has 1 aliphatic carbocycles. The quantitative estimate of drug-likeness (QED) is 0.837. The average molecular weight is 239 g/mol. The van der Waals surface area contributed by atoms with Crippen LogP contribution in [-0.2, 0) is 0 Å². The fourth-order valence-corrected chi connectivity index (χ4v) is 2.93. The number of aliphatic hydroxyl groups is 1. The minimum atomic E-state index is -0.338. The van der Waals surface area contributed by atoms with E-state index in [0.717, 1.165) is 24.3 Å². The maximum Gasteiger partial charge on any atom is 0.0818 e. The average Bonchev–Trinajstić information content (AvgIpc) is 2.76. The highest BCUT2D eigenvalue weighted by atomic mass is 35.5. The zero-order valence-electron chi connectivity index (χ0n) is 9.70. The van der Waals surface area contributed by atoms with Gasteiger partial charge >= 0.3 is 0 Å². The van der Waals surface area contributed by atoms with Crippen LogP contribution in [0.4, 0.5) is 0 Å². The lowest BCUT2D eigenvalue weighted by Gasteiger charge is -2.18. The lowest BCUT2D eigenvalue weighted by atomic mass is 9.93. The molecular formula is C14H19ClO. The van der Waals surface area contributed by atoms with Gasteiger partial charge in [-0.15, -0.1) is 0 Å². The number of halogens is 1. The van der Waals surface area contributed by atoms with Crippen LogP contribution in [-0.4, -0.2) is 5.11 Å². The van der Waals surface area contributed by atoms with E-state index in [-0.39, 0.29) is 6.10 Å². The Labute approximate surface area is 102 Å². The predicted octanol–water partition coefficient (Wildman–Crippen LogP) is 4.20. The Morgan fingerprint density at radius 1 is 1.44 bits per heavy atom. The number of rotatable bonds is 3. The molecule has 1 fully saturated rings. The van der Waals surface area contributed by atoms with E-state index in [4.69, 9.17) is 11.6 Å². The third-order valence-corrected chi connectivity index (χ3v) is 4.03. The zero-order valence-corrected chi connectivity index (χ0v) is 10.5. The minimum Gasteiger partial charge on any atom is -0.388 e. The summed E-state index contributed by atoms with van der Waals surface area (Å²) in [5, 5.41) is 11.0. The highest BCUT2D eigenvalue weighted by Crippen LogP contribution is 2.40. The molecule has 1 saturated carbocycles. The molecular weight excluding hydrogens is 220 g/mol. The second-order valence-corrected chi connectivity index (χ2v) is 5.28. The van der Waals surface area contributed by atoms with Crippen LogP contribution in [0.15, 0.2) is 24.3 Å². The van der Waals surface area contributed by atoms with Crippen molar-refractivity contribution in [1.29, 1.82) is 0 Å². The molecule has 3 atom stereocenters. The topological polar surface area (TPSA) is 20.2 Å². The predicted molar refractivity (Wildman–Crippen MR) is 67.5 cm³/mol. The molecule has 3 unspecified atom stereocenters. The molecule has 1 nitrogen and oxygen atoms in total. The van der Waals surface area contributed by atoms with E-state index < -0.39 is 0 Å². The lowest BCUT2D eigenvalue weighted by molar-refractivity contribution is 0.109. The normalized spacial score (nSPS) is 26.9. The van der Waals surface area contributed by atoms with Crippen molar-refractivity contribution in [3.63, 3.8) is 0 Å². The zero-order chi connectivity index (χ0) is 11.5. The van der Waals surface area contributed by atoms with Crippen molar-refractivity contribution in [2.24, 2.45) is 11.8 Å². The van der Waals surface area contributed by atoms with Crippen LogP contribution >= 0.6 is 11.6 Å². The molecule has 0 heterocycles. The summed E-state index contributed by atoms with van der Waals surface area (Å²) in [5.74, 6) is 1.22. The van der Waals surface area contributed by atoms with Gasteiger partial charge in [-0.1, -0.05) is 43.5 Å². The summed E-state index contributed by atoms with van der Waals surface area (Å²) < 4.78 is 0. The second kappa shape index (κ2) is 5.20. The minimum absolute atomic E-state index is 0.338. The van der Waals surface area contributed by atoms with Gasteiger partial charge in [0.15, 0.2) is 0 Å². The molecule has 0 saturated heterocycles. The Morgan fingerprint density at radius 3 is 2.88 bits per heavy atom. The van der Waals surface area contributed by atoms with Gasteiger partial charge in [-0.3, -0.25) is 0 Å². The number of hydrogen-bond donors (Lipinski definition) is 1. The van der Waals surface area contributed by atoms with Crippen LogP contribution in [0.5, 0.6) is 0 Å². The SMILES string of the molecule is CCC1CCC(C(O)c2cccc(Cl)c2)C1. The molecule has 1 aromatic rings. The first-order chi connectivity index (χ1) is 7.70. The van der Waals surface area contributed by atoms with Crippen molar-refractivity contribution in [2.45, 2.75) is 38.7 Å². The van der Waals surface area contributed by atoms with E-state index in [1.807, 2.05) is 24.3 Å². The number of aliphatic hydroxyl groups excluding tert-OH is 1. The molecule has 1 aliphatic rings. The van der Waals surface area contributed by atoms with Gasteiger partial charge in [-0.25, -0.2) is 0 Å². The molecule has 0 amide bonds. The first kappa shape index (κ1) is 11.9. The van der Waals surface area contributed by atoms with Crippen molar-refractivity contribution in [2.75, 3.05) is 0 Å². The summed E-state index contributed by atoms with van der Waals surface area (Å²) in [6.45, 7) is 2.23. The Bertz CT molecular complexity index is 350.